The molecule has 3 aromatic carbocycles. The number of aryl methyl sites for hydroxylation is 1. The molecule has 2 amide bonds. The van der Waals surface area contributed by atoms with Gasteiger partial charge in [0.2, 0.25) is 15.9 Å². The van der Waals surface area contributed by atoms with E-state index in [0.717, 1.165) is 14.8 Å². The van der Waals surface area contributed by atoms with Crippen molar-refractivity contribution in [3.8, 4) is 6.07 Å². The number of benzene rings is 3. The van der Waals surface area contributed by atoms with Crippen LogP contribution in [0.1, 0.15) is 23.1 Å². The molecule has 1 fully saturated rings. The maximum absolute atomic E-state index is 13.6. The molecular weight excluding hydrogens is 438 g/mol. The van der Waals surface area contributed by atoms with Crippen molar-refractivity contribution in [1.29, 1.82) is 5.26 Å². The van der Waals surface area contributed by atoms with Gasteiger partial charge in [-0.25, -0.2) is 13.3 Å². The van der Waals surface area contributed by atoms with Gasteiger partial charge in [0.15, 0.2) is 0 Å². The predicted molar refractivity (Wildman–Crippen MR) is 122 cm³/mol. The van der Waals surface area contributed by atoms with Crippen molar-refractivity contribution in [2.45, 2.75) is 30.8 Å². The molecule has 1 saturated heterocycles. The van der Waals surface area contributed by atoms with Crippen molar-refractivity contribution in [2.75, 3.05) is 4.90 Å². The van der Waals surface area contributed by atoms with Crippen LogP contribution >= 0.6 is 0 Å². The van der Waals surface area contributed by atoms with Crippen molar-refractivity contribution in [2.24, 2.45) is 0 Å². The molecule has 8 heteroatoms. The Labute approximate surface area is 192 Å². The first-order valence-corrected chi connectivity index (χ1v) is 11.7. The lowest BCUT2D eigenvalue weighted by molar-refractivity contribution is -0.122. The summed E-state index contributed by atoms with van der Waals surface area (Å²) in [6.45, 7) is 1.80. The summed E-state index contributed by atoms with van der Waals surface area (Å²) in [5.74, 6) is -1.11. The second kappa shape index (κ2) is 8.98. The number of carbonyl (C=O) groups excluding carboxylic acids is 2. The van der Waals surface area contributed by atoms with Crippen molar-refractivity contribution in [1.82, 2.24) is 4.31 Å². The van der Waals surface area contributed by atoms with E-state index in [4.69, 9.17) is 5.26 Å². The van der Waals surface area contributed by atoms with E-state index in [9.17, 15) is 18.0 Å². The molecule has 0 aliphatic carbocycles. The number of amides is 2. The highest BCUT2D eigenvalue weighted by Crippen LogP contribution is 2.31. The Kier molecular flexibility index (Phi) is 6.09. The Bertz CT molecular complexity index is 1330. The van der Waals surface area contributed by atoms with Crippen LogP contribution in [-0.2, 0) is 26.2 Å². The van der Waals surface area contributed by atoms with Gasteiger partial charge < -0.3 is 0 Å². The van der Waals surface area contributed by atoms with Crippen molar-refractivity contribution in [3.05, 3.63) is 95.6 Å². The normalized spacial score (nSPS) is 16.3. The number of nitriles is 1. The summed E-state index contributed by atoms with van der Waals surface area (Å²) in [4.78, 5) is 27.3. The van der Waals surface area contributed by atoms with E-state index in [-0.39, 0.29) is 17.9 Å². The number of rotatable bonds is 6. The fourth-order valence-corrected chi connectivity index (χ4v) is 5.34. The molecule has 166 valence electrons. The average Bonchev–Trinajstić information content (AvgIpc) is 3.11. The number of sulfonamides is 1. The van der Waals surface area contributed by atoms with E-state index in [1.54, 1.807) is 36.4 Å². The molecule has 0 aromatic heterocycles. The van der Waals surface area contributed by atoms with Crippen LogP contribution in [0.25, 0.3) is 0 Å². The zero-order valence-electron chi connectivity index (χ0n) is 17.9. The number of hydrogen-bond acceptors (Lipinski definition) is 5. The van der Waals surface area contributed by atoms with Gasteiger partial charge in [0.1, 0.15) is 6.04 Å². The summed E-state index contributed by atoms with van der Waals surface area (Å²) < 4.78 is 28.4. The van der Waals surface area contributed by atoms with E-state index in [1.165, 1.54) is 36.4 Å². The largest absolute Gasteiger partial charge is 0.274 e. The standard InChI is InChI=1S/C25H21N3O4S/c1-18-7-13-22(14-8-18)33(31,32)27(17-20-5-3-2-4-6-20)23-15-24(29)28(25(23)30)21-11-9-19(16-26)10-12-21/h2-14,23H,15,17H2,1H3. The minimum absolute atomic E-state index is 0.0536. The van der Waals surface area contributed by atoms with Gasteiger partial charge >= 0.3 is 0 Å². The van der Waals surface area contributed by atoms with E-state index in [1.807, 2.05) is 19.1 Å². The first-order valence-electron chi connectivity index (χ1n) is 10.3. The zero-order valence-corrected chi connectivity index (χ0v) is 18.7. The van der Waals surface area contributed by atoms with Crippen LogP contribution in [0.4, 0.5) is 5.69 Å². The molecule has 7 nitrogen and oxygen atoms in total. The molecule has 1 aliphatic heterocycles. The van der Waals surface area contributed by atoms with E-state index in [2.05, 4.69) is 0 Å². The number of anilines is 1. The predicted octanol–water partition coefficient (Wildman–Crippen LogP) is 3.39. The van der Waals surface area contributed by atoms with Crippen LogP contribution in [0.5, 0.6) is 0 Å². The minimum atomic E-state index is -4.08. The summed E-state index contributed by atoms with van der Waals surface area (Å²) in [5.41, 5.74) is 2.30. The van der Waals surface area contributed by atoms with Crippen LogP contribution < -0.4 is 4.90 Å². The van der Waals surface area contributed by atoms with Gasteiger partial charge in [-0.2, -0.15) is 9.57 Å². The van der Waals surface area contributed by atoms with Crippen LogP contribution in [0.3, 0.4) is 0 Å². The first-order chi connectivity index (χ1) is 15.8. The fourth-order valence-electron chi connectivity index (χ4n) is 3.77. The second-order valence-electron chi connectivity index (χ2n) is 7.79. The van der Waals surface area contributed by atoms with Gasteiger partial charge in [-0.05, 0) is 48.9 Å². The second-order valence-corrected chi connectivity index (χ2v) is 9.69. The third-order valence-electron chi connectivity index (χ3n) is 5.53. The fraction of sp³-hybridized carbons (Fsp3) is 0.160. The highest BCUT2D eigenvalue weighted by Gasteiger charge is 2.47. The lowest BCUT2D eigenvalue weighted by Gasteiger charge is -2.27. The third kappa shape index (κ3) is 4.42. The van der Waals surface area contributed by atoms with Crippen LogP contribution in [0.15, 0.2) is 83.8 Å². The van der Waals surface area contributed by atoms with Gasteiger partial charge in [-0.15, -0.1) is 0 Å². The number of nitrogens with zero attached hydrogens (tertiary/aromatic N) is 3. The molecule has 1 heterocycles. The molecular formula is C25H21N3O4S. The van der Waals surface area contributed by atoms with Crippen LogP contribution in [-0.4, -0.2) is 30.6 Å². The number of imide groups is 1. The quantitative estimate of drug-likeness (QED) is 0.526. The molecule has 1 unspecified atom stereocenters. The molecule has 1 aliphatic rings. The monoisotopic (exact) mass is 459 g/mol. The van der Waals surface area contributed by atoms with E-state index < -0.39 is 27.9 Å². The molecule has 0 spiro atoms. The SMILES string of the molecule is Cc1ccc(S(=O)(=O)N(Cc2ccccc2)C2CC(=O)N(c3ccc(C#N)cc3)C2=O)cc1. The van der Waals surface area contributed by atoms with Gasteiger partial charge in [-0.1, -0.05) is 48.0 Å². The van der Waals surface area contributed by atoms with Gasteiger partial charge in [0.25, 0.3) is 5.91 Å². The van der Waals surface area contributed by atoms with Gasteiger partial charge in [0.05, 0.1) is 28.6 Å². The first kappa shape index (κ1) is 22.4. The minimum Gasteiger partial charge on any atom is -0.274 e. The Balaban J connectivity index is 1.73. The molecule has 0 bridgehead atoms. The summed E-state index contributed by atoms with van der Waals surface area (Å²) in [6.07, 6.45) is -0.267. The van der Waals surface area contributed by atoms with Crippen LogP contribution in [0.2, 0.25) is 0 Å². The molecule has 1 atom stereocenters. The highest BCUT2D eigenvalue weighted by atomic mass is 32.2. The lowest BCUT2D eigenvalue weighted by atomic mass is 10.2. The Morgan fingerprint density at radius 3 is 2.21 bits per heavy atom. The topological polar surface area (TPSA) is 98.6 Å². The van der Waals surface area contributed by atoms with Crippen molar-refractivity contribution >= 4 is 27.5 Å². The van der Waals surface area contributed by atoms with Crippen molar-refractivity contribution < 1.29 is 18.0 Å². The molecule has 0 radical (unpaired) electrons. The summed E-state index contributed by atoms with van der Waals surface area (Å²) >= 11 is 0. The number of carbonyl (C=O) groups is 2. The molecule has 0 saturated carbocycles. The third-order valence-corrected chi connectivity index (χ3v) is 7.40. The summed E-state index contributed by atoms with van der Waals surface area (Å²) in [6, 6.07) is 22.2. The van der Waals surface area contributed by atoms with E-state index in [0.29, 0.717) is 16.8 Å². The Hall–Kier alpha value is -3.80. The maximum Gasteiger partial charge on any atom is 0.252 e. The average molecular weight is 460 g/mol. The molecule has 3 aromatic rings. The highest BCUT2D eigenvalue weighted by molar-refractivity contribution is 7.89. The molecule has 4 rings (SSSR count). The zero-order chi connectivity index (χ0) is 23.6. The Morgan fingerprint density at radius 1 is 0.970 bits per heavy atom. The summed E-state index contributed by atoms with van der Waals surface area (Å²) in [5, 5.41) is 9.00. The maximum atomic E-state index is 13.6. The van der Waals surface area contributed by atoms with Gasteiger partial charge in [-0.3, -0.25) is 9.59 Å². The van der Waals surface area contributed by atoms with Gasteiger partial charge in [0, 0.05) is 6.54 Å². The van der Waals surface area contributed by atoms with Crippen LogP contribution in [0, 0.1) is 18.3 Å². The molecule has 0 N–H and O–H groups in total. The smallest absolute Gasteiger partial charge is 0.252 e. The number of hydrogen-bond donors (Lipinski definition) is 0. The Morgan fingerprint density at radius 2 is 1.61 bits per heavy atom. The van der Waals surface area contributed by atoms with E-state index >= 15 is 0 Å². The molecule has 33 heavy (non-hydrogen) atoms. The van der Waals surface area contributed by atoms with Crippen molar-refractivity contribution in [3.63, 3.8) is 0 Å². The lowest BCUT2D eigenvalue weighted by Crippen LogP contribution is -2.45. The summed E-state index contributed by atoms with van der Waals surface area (Å²) in [7, 11) is -4.08.